The molecule has 15 heavy (non-hydrogen) atoms. The molecule has 2 nitrogen and oxygen atoms in total. The molecule has 0 spiro atoms. The van der Waals surface area contributed by atoms with Gasteiger partial charge in [0.15, 0.2) is 0 Å². The molecular formula is C12H16FNO. The van der Waals surface area contributed by atoms with E-state index in [1.165, 1.54) is 6.07 Å². The smallest absolute Gasteiger partial charge is 0.146 e. The molecule has 0 amide bonds. The van der Waals surface area contributed by atoms with Gasteiger partial charge in [-0.05, 0) is 30.9 Å². The zero-order valence-corrected chi connectivity index (χ0v) is 8.92. The van der Waals surface area contributed by atoms with E-state index in [9.17, 15) is 4.39 Å². The first-order valence-corrected chi connectivity index (χ1v) is 5.34. The van der Waals surface area contributed by atoms with E-state index in [4.69, 9.17) is 4.74 Å². The first-order chi connectivity index (χ1) is 7.31. The summed E-state index contributed by atoms with van der Waals surface area (Å²) in [5.74, 6) is -0.144. The van der Waals surface area contributed by atoms with Gasteiger partial charge in [-0.3, -0.25) is 0 Å². The third-order valence-corrected chi connectivity index (χ3v) is 2.88. The van der Waals surface area contributed by atoms with E-state index in [0.29, 0.717) is 11.7 Å². The highest BCUT2D eigenvalue weighted by Crippen LogP contribution is 2.28. The fraction of sp³-hybridized carbons (Fsp3) is 0.500. The third kappa shape index (κ3) is 2.29. The lowest BCUT2D eigenvalue weighted by atomic mass is 9.96. The van der Waals surface area contributed by atoms with Gasteiger partial charge in [-0.15, -0.1) is 0 Å². The van der Waals surface area contributed by atoms with Gasteiger partial charge in [0.1, 0.15) is 5.82 Å². The van der Waals surface area contributed by atoms with Crippen LogP contribution in [0.1, 0.15) is 18.4 Å². The number of halogens is 1. The zero-order valence-electron chi connectivity index (χ0n) is 8.92. The molecule has 0 aliphatic carbocycles. The van der Waals surface area contributed by atoms with Crippen molar-refractivity contribution in [3.8, 4) is 0 Å². The average molecular weight is 209 g/mol. The maximum Gasteiger partial charge on any atom is 0.146 e. The van der Waals surface area contributed by atoms with Crippen LogP contribution in [-0.2, 0) is 11.2 Å². The first-order valence-electron chi connectivity index (χ1n) is 5.34. The number of nitrogens with one attached hydrogen (secondary N) is 1. The lowest BCUT2D eigenvalue weighted by Gasteiger charge is -2.27. The number of hydrogen-bond acceptors (Lipinski definition) is 2. The van der Waals surface area contributed by atoms with E-state index < -0.39 is 0 Å². The number of aryl methyl sites for hydroxylation is 1. The summed E-state index contributed by atoms with van der Waals surface area (Å²) in [6, 6.07) is 5.60. The number of ether oxygens (including phenoxy) is 1. The minimum Gasteiger partial charge on any atom is -0.385 e. The quantitative estimate of drug-likeness (QED) is 0.826. The fourth-order valence-corrected chi connectivity index (χ4v) is 2.02. The van der Waals surface area contributed by atoms with Crippen molar-refractivity contribution in [1.29, 1.82) is 0 Å². The average Bonchev–Trinajstić information content (AvgIpc) is 2.27. The number of anilines is 1. The predicted molar refractivity (Wildman–Crippen MR) is 58.6 cm³/mol. The number of benzene rings is 1. The van der Waals surface area contributed by atoms with Gasteiger partial charge in [0.25, 0.3) is 0 Å². The Labute approximate surface area is 89.4 Å². The second-order valence-corrected chi connectivity index (χ2v) is 3.94. The second-order valence-electron chi connectivity index (χ2n) is 3.94. The summed E-state index contributed by atoms with van der Waals surface area (Å²) in [4.78, 5) is 0. The van der Waals surface area contributed by atoms with Crippen LogP contribution in [-0.4, -0.2) is 19.8 Å². The molecule has 1 unspecified atom stereocenters. The first kappa shape index (κ1) is 10.4. The minimum absolute atomic E-state index is 0.144. The number of rotatable bonds is 3. The maximum absolute atomic E-state index is 13.5. The number of methoxy groups -OCH3 is 1. The Morgan fingerprint density at radius 3 is 3.20 bits per heavy atom. The molecule has 82 valence electrons. The molecule has 1 aliphatic rings. The Hall–Kier alpha value is -1.09. The number of fused-ring (bicyclic) bond motifs is 1. The topological polar surface area (TPSA) is 21.3 Å². The highest BCUT2D eigenvalue weighted by atomic mass is 19.1. The van der Waals surface area contributed by atoms with E-state index in [2.05, 4.69) is 5.32 Å². The van der Waals surface area contributed by atoms with E-state index in [1.807, 2.05) is 6.07 Å². The molecule has 0 fully saturated rings. The summed E-state index contributed by atoms with van der Waals surface area (Å²) in [5, 5.41) is 3.25. The zero-order chi connectivity index (χ0) is 10.7. The van der Waals surface area contributed by atoms with Crippen LogP contribution < -0.4 is 5.32 Å². The summed E-state index contributed by atoms with van der Waals surface area (Å²) < 4.78 is 18.5. The van der Waals surface area contributed by atoms with Gasteiger partial charge < -0.3 is 10.1 Å². The summed E-state index contributed by atoms with van der Waals surface area (Å²) in [6.45, 7) is 0.724. The Morgan fingerprint density at radius 2 is 2.40 bits per heavy atom. The molecule has 2 rings (SSSR count). The summed E-state index contributed by atoms with van der Waals surface area (Å²) in [5.41, 5.74) is 1.77. The molecule has 1 aromatic rings. The lowest BCUT2D eigenvalue weighted by Crippen LogP contribution is -2.27. The van der Waals surface area contributed by atoms with Crippen molar-refractivity contribution in [2.24, 2.45) is 0 Å². The van der Waals surface area contributed by atoms with Gasteiger partial charge in [0, 0.05) is 19.8 Å². The van der Waals surface area contributed by atoms with Crippen LogP contribution in [0.5, 0.6) is 0 Å². The Morgan fingerprint density at radius 1 is 1.53 bits per heavy atom. The van der Waals surface area contributed by atoms with Gasteiger partial charge >= 0.3 is 0 Å². The predicted octanol–water partition coefficient (Wildman–Crippen LogP) is 2.59. The van der Waals surface area contributed by atoms with Crippen LogP contribution in [0.3, 0.4) is 0 Å². The third-order valence-electron chi connectivity index (χ3n) is 2.88. The molecule has 0 aromatic heterocycles. The Balaban J connectivity index is 2.08. The highest BCUT2D eigenvalue weighted by molar-refractivity contribution is 5.54. The Kier molecular flexibility index (Phi) is 3.21. The number of hydrogen-bond donors (Lipinski definition) is 1. The lowest BCUT2D eigenvalue weighted by molar-refractivity contribution is 0.188. The molecule has 0 radical (unpaired) electrons. The Bertz CT molecular complexity index is 340. The standard InChI is InChI=1S/C12H16FNO/c1-15-8-7-10-6-5-9-3-2-4-11(13)12(9)14-10/h2-4,10,14H,5-8H2,1H3. The molecule has 0 bridgehead atoms. The van der Waals surface area contributed by atoms with Gasteiger partial charge in [-0.1, -0.05) is 12.1 Å². The monoisotopic (exact) mass is 209 g/mol. The van der Waals surface area contributed by atoms with Gasteiger partial charge in [-0.25, -0.2) is 4.39 Å². The number of para-hydroxylation sites is 1. The van der Waals surface area contributed by atoms with Crippen molar-refractivity contribution in [2.45, 2.75) is 25.3 Å². The van der Waals surface area contributed by atoms with Crippen molar-refractivity contribution >= 4 is 5.69 Å². The molecule has 0 saturated carbocycles. The van der Waals surface area contributed by atoms with Crippen LogP contribution in [0, 0.1) is 5.82 Å². The molecule has 1 atom stereocenters. The van der Waals surface area contributed by atoms with E-state index in [-0.39, 0.29) is 5.82 Å². The van der Waals surface area contributed by atoms with Crippen LogP contribution >= 0.6 is 0 Å². The molecule has 3 heteroatoms. The van der Waals surface area contributed by atoms with E-state index in [1.54, 1.807) is 13.2 Å². The van der Waals surface area contributed by atoms with Crippen LogP contribution in [0.15, 0.2) is 18.2 Å². The van der Waals surface area contributed by atoms with Gasteiger partial charge in [0.2, 0.25) is 0 Å². The van der Waals surface area contributed by atoms with Crippen molar-refractivity contribution in [3.63, 3.8) is 0 Å². The fourth-order valence-electron chi connectivity index (χ4n) is 2.02. The molecule has 1 aliphatic heterocycles. The SMILES string of the molecule is COCCC1CCc2cccc(F)c2N1. The van der Waals surface area contributed by atoms with E-state index in [0.717, 1.165) is 31.4 Å². The van der Waals surface area contributed by atoms with Gasteiger partial charge in [-0.2, -0.15) is 0 Å². The molecule has 1 heterocycles. The summed E-state index contributed by atoms with van der Waals surface area (Å²) in [7, 11) is 1.69. The van der Waals surface area contributed by atoms with Crippen molar-refractivity contribution < 1.29 is 9.13 Å². The molecular weight excluding hydrogens is 193 g/mol. The van der Waals surface area contributed by atoms with Crippen molar-refractivity contribution in [2.75, 3.05) is 19.0 Å². The van der Waals surface area contributed by atoms with Crippen LogP contribution in [0.25, 0.3) is 0 Å². The van der Waals surface area contributed by atoms with Crippen molar-refractivity contribution in [3.05, 3.63) is 29.6 Å². The van der Waals surface area contributed by atoms with Crippen molar-refractivity contribution in [1.82, 2.24) is 0 Å². The van der Waals surface area contributed by atoms with Gasteiger partial charge in [0.05, 0.1) is 5.69 Å². The summed E-state index contributed by atoms with van der Waals surface area (Å²) in [6.07, 6.45) is 2.94. The normalized spacial score (nSPS) is 19.5. The van der Waals surface area contributed by atoms with Crippen LogP contribution in [0.2, 0.25) is 0 Å². The maximum atomic E-state index is 13.5. The minimum atomic E-state index is -0.144. The highest BCUT2D eigenvalue weighted by Gasteiger charge is 2.19. The van der Waals surface area contributed by atoms with Crippen LogP contribution in [0.4, 0.5) is 10.1 Å². The van der Waals surface area contributed by atoms with E-state index >= 15 is 0 Å². The summed E-state index contributed by atoms with van der Waals surface area (Å²) >= 11 is 0. The second kappa shape index (κ2) is 4.62. The molecule has 1 N–H and O–H groups in total. The molecule has 1 aromatic carbocycles. The largest absolute Gasteiger partial charge is 0.385 e. The molecule has 0 saturated heterocycles.